The molecule has 1 fully saturated rings. The van der Waals surface area contributed by atoms with E-state index >= 15 is 0 Å². The predicted molar refractivity (Wildman–Crippen MR) is 149 cm³/mol. The van der Waals surface area contributed by atoms with Gasteiger partial charge < -0.3 is 9.64 Å². The van der Waals surface area contributed by atoms with Gasteiger partial charge in [0.2, 0.25) is 0 Å². The number of carbonyl (C=O) groups is 2. The molecular weight excluding hydrogens is 474 g/mol. The zero-order valence-corrected chi connectivity index (χ0v) is 22.0. The lowest BCUT2D eigenvalue weighted by molar-refractivity contribution is 0.0645. The molecule has 2 aliphatic rings. The molecule has 0 saturated carbocycles. The summed E-state index contributed by atoms with van der Waals surface area (Å²) in [6.07, 6.45) is 1.96. The average molecular weight is 506 g/mol. The number of rotatable bonds is 6. The maximum Gasteiger partial charge on any atom is 0.261 e. The van der Waals surface area contributed by atoms with Crippen LogP contribution in [0, 0.1) is 20.8 Å². The molecule has 1 atom stereocenters. The molecule has 2 aliphatic heterocycles. The number of fused-ring (bicyclic) bond motifs is 2. The highest BCUT2D eigenvalue weighted by Crippen LogP contribution is 2.34. The van der Waals surface area contributed by atoms with Crippen LogP contribution in [0.4, 0.5) is 5.69 Å². The topological polar surface area (TPSA) is 62.7 Å². The molecule has 3 aromatic carbocycles. The van der Waals surface area contributed by atoms with Gasteiger partial charge in [-0.2, -0.15) is 0 Å². The van der Waals surface area contributed by atoms with Crippen molar-refractivity contribution < 1.29 is 14.3 Å². The van der Waals surface area contributed by atoms with E-state index < -0.39 is 0 Å². The Morgan fingerprint density at radius 1 is 0.895 bits per heavy atom. The summed E-state index contributed by atoms with van der Waals surface area (Å²) in [4.78, 5) is 34.5. The molecule has 1 saturated heterocycles. The summed E-state index contributed by atoms with van der Waals surface area (Å²) < 4.78 is 6.36. The molecule has 0 aliphatic carbocycles. The first-order valence-corrected chi connectivity index (χ1v) is 13.2. The molecule has 3 heterocycles. The molecule has 0 N–H and O–H groups in total. The van der Waals surface area contributed by atoms with Crippen molar-refractivity contribution in [2.45, 2.75) is 46.3 Å². The van der Waals surface area contributed by atoms with Gasteiger partial charge in [0.25, 0.3) is 11.8 Å². The minimum Gasteiger partial charge on any atom is -0.487 e. The molecular formula is C32H31N3O3. The largest absolute Gasteiger partial charge is 0.487 e. The Bertz CT molecular complexity index is 1540. The van der Waals surface area contributed by atoms with E-state index in [1.165, 1.54) is 16.0 Å². The fourth-order valence-corrected chi connectivity index (χ4v) is 5.86. The van der Waals surface area contributed by atoms with Crippen molar-refractivity contribution in [1.29, 1.82) is 0 Å². The smallest absolute Gasteiger partial charge is 0.261 e. The first-order chi connectivity index (χ1) is 18.4. The standard InChI is InChI=1S/C32H31N3O3/c1-20-13-16-28(22(3)27(20)19-38-29-12-6-8-23-15-14-21(2)33-30(23)29)34-17-7-9-24(34)18-35-31(36)25-10-4-5-11-26(25)32(35)37/h4-6,8,10-16,24H,7,9,17-19H2,1-3H3/t24-/m0/s1. The van der Waals surface area contributed by atoms with Gasteiger partial charge in [-0.15, -0.1) is 0 Å². The Labute approximate surface area is 222 Å². The lowest BCUT2D eigenvalue weighted by Crippen LogP contribution is -2.43. The van der Waals surface area contributed by atoms with Crippen LogP contribution in [0.25, 0.3) is 10.9 Å². The van der Waals surface area contributed by atoms with Crippen LogP contribution < -0.4 is 9.64 Å². The first kappa shape index (κ1) is 24.2. The fourth-order valence-electron chi connectivity index (χ4n) is 5.86. The van der Waals surface area contributed by atoms with Crippen LogP contribution in [0.5, 0.6) is 5.75 Å². The second kappa shape index (κ2) is 9.60. The maximum absolute atomic E-state index is 13.0. The fraction of sp³-hybridized carbons (Fsp3) is 0.281. The molecule has 6 nitrogen and oxygen atoms in total. The second-order valence-corrected chi connectivity index (χ2v) is 10.3. The summed E-state index contributed by atoms with van der Waals surface area (Å²) in [5, 5.41) is 1.06. The molecule has 6 rings (SSSR count). The number of hydrogen-bond donors (Lipinski definition) is 0. The molecule has 1 aromatic heterocycles. The summed E-state index contributed by atoms with van der Waals surface area (Å²) in [5.41, 5.74) is 7.48. The first-order valence-electron chi connectivity index (χ1n) is 13.2. The highest BCUT2D eigenvalue weighted by molar-refractivity contribution is 6.21. The van der Waals surface area contributed by atoms with E-state index in [0.717, 1.165) is 53.0 Å². The molecule has 192 valence electrons. The predicted octanol–water partition coefficient (Wildman–Crippen LogP) is 6.00. The van der Waals surface area contributed by atoms with Crippen molar-refractivity contribution in [1.82, 2.24) is 9.88 Å². The van der Waals surface area contributed by atoms with E-state index in [1.807, 2.05) is 43.3 Å². The number of imide groups is 1. The third-order valence-corrected chi connectivity index (χ3v) is 7.96. The molecule has 0 spiro atoms. The van der Waals surface area contributed by atoms with Crippen molar-refractivity contribution in [2.24, 2.45) is 0 Å². The zero-order valence-electron chi connectivity index (χ0n) is 22.0. The molecule has 2 amide bonds. The van der Waals surface area contributed by atoms with Gasteiger partial charge >= 0.3 is 0 Å². The lowest BCUT2D eigenvalue weighted by atomic mass is 10.0. The number of ether oxygens (including phenoxy) is 1. The van der Waals surface area contributed by atoms with Crippen molar-refractivity contribution >= 4 is 28.4 Å². The van der Waals surface area contributed by atoms with E-state index in [1.54, 1.807) is 12.1 Å². The van der Waals surface area contributed by atoms with E-state index in [9.17, 15) is 9.59 Å². The van der Waals surface area contributed by atoms with Crippen LogP contribution in [-0.2, 0) is 6.61 Å². The third kappa shape index (κ3) is 4.10. The number of amides is 2. The Hall–Kier alpha value is -4.19. The number of aromatic nitrogens is 1. The highest BCUT2D eigenvalue weighted by Gasteiger charge is 2.38. The average Bonchev–Trinajstić information content (AvgIpc) is 3.47. The summed E-state index contributed by atoms with van der Waals surface area (Å²) in [6, 6.07) is 21.6. The number of pyridine rings is 1. The Kier molecular flexibility index (Phi) is 6.10. The zero-order chi connectivity index (χ0) is 26.4. The van der Waals surface area contributed by atoms with E-state index in [0.29, 0.717) is 24.3 Å². The van der Waals surface area contributed by atoms with Crippen LogP contribution in [0.1, 0.15) is 55.9 Å². The van der Waals surface area contributed by atoms with Gasteiger partial charge in [-0.05, 0) is 80.6 Å². The summed E-state index contributed by atoms with van der Waals surface area (Å²) in [7, 11) is 0. The Balaban J connectivity index is 1.25. The van der Waals surface area contributed by atoms with Gasteiger partial charge in [0.1, 0.15) is 17.9 Å². The molecule has 4 aromatic rings. The van der Waals surface area contributed by atoms with Crippen molar-refractivity contribution in [3.63, 3.8) is 0 Å². The van der Waals surface area contributed by atoms with Gasteiger partial charge in [0.15, 0.2) is 0 Å². The number of anilines is 1. The number of hydrogen-bond acceptors (Lipinski definition) is 5. The molecule has 0 radical (unpaired) electrons. The lowest BCUT2D eigenvalue weighted by Gasteiger charge is -2.31. The molecule has 0 unspecified atom stereocenters. The third-order valence-electron chi connectivity index (χ3n) is 7.96. The monoisotopic (exact) mass is 505 g/mol. The van der Waals surface area contributed by atoms with E-state index in [-0.39, 0.29) is 17.9 Å². The molecule has 6 heteroatoms. The van der Waals surface area contributed by atoms with Crippen LogP contribution in [0.15, 0.2) is 66.7 Å². The molecule has 0 bridgehead atoms. The van der Waals surface area contributed by atoms with E-state index in [2.05, 4.69) is 36.9 Å². The van der Waals surface area contributed by atoms with Gasteiger partial charge in [0, 0.05) is 35.9 Å². The SMILES string of the molecule is Cc1ccc2cccc(OCc3c(C)ccc(N4CCC[C@H]4CN4C(=O)c5ccccc5C4=O)c3C)c2n1. The number of carbonyl (C=O) groups excluding carboxylic acids is 2. The summed E-state index contributed by atoms with van der Waals surface area (Å²) in [5.74, 6) is 0.400. The normalized spacial score (nSPS) is 17.0. The summed E-state index contributed by atoms with van der Waals surface area (Å²) >= 11 is 0. The van der Waals surface area contributed by atoms with Crippen LogP contribution in [-0.4, -0.2) is 40.8 Å². The van der Waals surface area contributed by atoms with Crippen LogP contribution >= 0.6 is 0 Å². The summed E-state index contributed by atoms with van der Waals surface area (Å²) in [6.45, 7) is 7.97. The maximum atomic E-state index is 13.0. The van der Waals surface area contributed by atoms with Gasteiger partial charge in [-0.1, -0.05) is 36.4 Å². The van der Waals surface area contributed by atoms with Gasteiger partial charge in [0.05, 0.1) is 11.1 Å². The quantitative estimate of drug-likeness (QED) is 0.301. The van der Waals surface area contributed by atoms with Crippen molar-refractivity contribution in [2.75, 3.05) is 18.0 Å². The van der Waals surface area contributed by atoms with Crippen molar-refractivity contribution in [3.8, 4) is 5.75 Å². The van der Waals surface area contributed by atoms with Crippen LogP contribution in [0.3, 0.4) is 0 Å². The minimum absolute atomic E-state index is 0.0811. The second-order valence-electron chi connectivity index (χ2n) is 10.3. The van der Waals surface area contributed by atoms with E-state index in [4.69, 9.17) is 9.72 Å². The minimum atomic E-state index is -0.189. The van der Waals surface area contributed by atoms with Crippen LogP contribution in [0.2, 0.25) is 0 Å². The Morgan fingerprint density at radius 2 is 1.66 bits per heavy atom. The molecule has 38 heavy (non-hydrogen) atoms. The van der Waals surface area contributed by atoms with Gasteiger partial charge in [-0.3, -0.25) is 14.5 Å². The number of para-hydroxylation sites is 1. The highest BCUT2D eigenvalue weighted by atomic mass is 16.5. The number of aryl methyl sites for hydroxylation is 2. The Morgan fingerprint density at radius 3 is 2.42 bits per heavy atom. The number of nitrogens with zero attached hydrogens (tertiary/aromatic N) is 3. The number of benzene rings is 3. The van der Waals surface area contributed by atoms with Crippen molar-refractivity contribution in [3.05, 3.63) is 100 Å². The van der Waals surface area contributed by atoms with Gasteiger partial charge in [-0.25, -0.2) is 4.98 Å².